The first-order valence-electron chi connectivity index (χ1n) is 16.8. The topological polar surface area (TPSA) is 118 Å². The summed E-state index contributed by atoms with van der Waals surface area (Å²) in [6.07, 6.45) is 12.9. The monoisotopic (exact) mass is 588 g/mol. The summed E-state index contributed by atoms with van der Waals surface area (Å²) in [5.41, 5.74) is 1.50. The van der Waals surface area contributed by atoms with E-state index in [4.69, 9.17) is 9.47 Å². The number of aliphatic hydroxyl groups excluding tert-OH is 2. The Kier molecular flexibility index (Phi) is 9.15. The molecule has 238 valence electrons. The standard InChI is InChI=1S/C34H56N2O6/c1-21-25-10-13-28-32(4,26(25)11-12-27(21)42-30-19-23(35-39)18-24(20-37)41-30)16-17-33(5)22(14-15-34(28,33)6)8-7-9-29(38)31(2,3)36-40/h10,21-24,26-30,37-38H,7-9,11-20H2,1-6H3/t21-,22?,23+,24+,26?,27+,28?,29-,30+,32+,33-,34+/m1/s1. The van der Waals surface area contributed by atoms with Gasteiger partial charge in [-0.2, -0.15) is 9.81 Å². The van der Waals surface area contributed by atoms with Gasteiger partial charge in [-0.05, 0) is 106 Å². The lowest BCUT2D eigenvalue weighted by atomic mass is 9.40. The molecule has 0 amide bonds. The molecule has 4 fully saturated rings. The van der Waals surface area contributed by atoms with E-state index >= 15 is 0 Å². The molecule has 0 bridgehead atoms. The fraction of sp³-hybridized carbons (Fsp3) is 0.941. The maximum absolute atomic E-state index is 11.3. The summed E-state index contributed by atoms with van der Waals surface area (Å²) >= 11 is 0. The molecule has 42 heavy (non-hydrogen) atoms. The minimum atomic E-state index is -0.922. The molecule has 0 spiro atoms. The average molecular weight is 589 g/mol. The van der Waals surface area contributed by atoms with Crippen LogP contribution in [-0.4, -0.2) is 53.0 Å². The van der Waals surface area contributed by atoms with Crippen molar-refractivity contribution in [2.75, 3.05) is 6.61 Å². The molecule has 5 aliphatic rings. The molecule has 0 aromatic heterocycles. The fourth-order valence-corrected chi connectivity index (χ4v) is 10.6. The summed E-state index contributed by atoms with van der Waals surface area (Å²) in [6.45, 7) is 13.4. The summed E-state index contributed by atoms with van der Waals surface area (Å²) in [7, 11) is 0. The molecular formula is C34H56N2O6. The van der Waals surface area contributed by atoms with Crippen LogP contribution in [-0.2, 0) is 9.47 Å². The van der Waals surface area contributed by atoms with E-state index in [1.807, 2.05) is 0 Å². The van der Waals surface area contributed by atoms with Crippen molar-refractivity contribution in [3.05, 3.63) is 21.5 Å². The van der Waals surface area contributed by atoms with Gasteiger partial charge < -0.3 is 19.7 Å². The van der Waals surface area contributed by atoms with Gasteiger partial charge in [0.15, 0.2) is 6.29 Å². The molecule has 0 radical (unpaired) electrons. The molecule has 3 saturated carbocycles. The van der Waals surface area contributed by atoms with Crippen molar-refractivity contribution in [2.24, 2.45) is 50.3 Å². The SMILES string of the molecule is C[C@@H]1C2=CCC3[C@@](C)(CC[C@]4(C)C(CCC[C@@H](O)C(C)(C)N=O)CC[C@@]34C)C2CC[C@@H]1O[C@H]1C[C@@H](N=O)C[C@@H](CO)O1. The van der Waals surface area contributed by atoms with Crippen LogP contribution in [0.1, 0.15) is 119 Å². The number of allylic oxidation sites excluding steroid dienone is 1. The molecule has 8 heteroatoms. The maximum atomic E-state index is 11.3. The Labute approximate surface area is 252 Å². The van der Waals surface area contributed by atoms with E-state index in [2.05, 4.69) is 44.1 Å². The zero-order valence-electron chi connectivity index (χ0n) is 26.9. The van der Waals surface area contributed by atoms with Crippen molar-refractivity contribution in [1.29, 1.82) is 0 Å². The van der Waals surface area contributed by atoms with Crippen LogP contribution in [0.25, 0.3) is 0 Å². The lowest BCUT2D eigenvalue weighted by molar-refractivity contribution is -0.234. The van der Waals surface area contributed by atoms with E-state index < -0.39 is 17.9 Å². The first-order valence-corrected chi connectivity index (χ1v) is 16.8. The smallest absolute Gasteiger partial charge is 0.160 e. The number of rotatable bonds is 10. The van der Waals surface area contributed by atoms with Crippen molar-refractivity contribution in [3.63, 3.8) is 0 Å². The van der Waals surface area contributed by atoms with E-state index in [1.54, 1.807) is 19.4 Å². The molecule has 8 nitrogen and oxygen atoms in total. The Morgan fingerprint density at radius 1 is 1.10 bits per heavy atom. The van der Waals surface area contributed by atoms with Crippen LogP contribution in [0.3, 0.4) is 0 Å². The second-order valence-electron chi connectivity index (χ2n) is 16.0. The minimum absolute atomic E-state index is 0.0532. The number of aliphatic hydroxyl groups is 2. The van der Waals surface area contributed by atoms with Crippen molar-refractivity contribution in [3.8, 4) is 0 Å². The van der Waals surface area contributed by atoms with Gasteiger partial charge in [0, 0.05) is 18.8 Å². The Hall–Kier alpha value is -1.22. The Bertz CT molecular complexity index is 1030. The van der Waals surface area contributed by atoms with Crippen LogP contribution in [0.5, 0.6) is 0 Å². The maximum Gasteiger partial charge on any atom is 0.160 e. The molecule has 1 aliphatic heterocycles. The van der Waals surface area contributed by atoms with Crippen LogP contribution >= 0.6 is 0 Å². The Balaban J connectivity index is 1.27. The largest absolute Gasteiger partial charge is 0.394 e. The zero-order chi connectivity index (χ0) is 30.5. The normalized spacial score (nSPS) is 46.1. The first-order chi connectivity index (χ1) is 19.8. The van der Waals surface area contributed by atoms with E-state index in [0.29, 0.717) is 48.3 Å². The third-order valence-electron chi connectivity index (χ3n) is 13.7. The lowest BCUT2D eigenvalue weighted by Crippen LogP contribution is -2.58. The van der Waals surface area contributed by atoms with Gasteiger partial charge in [0.25, 0.3) is 0 Å². The quantitative estimate of drug-likeness (QED) is 0.204. The number of nitrogens with zero attached hydrogens (tertiary/aromatic N) is 2. The minimum Gasteiger partial charge on any atom is -0.394 e. The van der Waals surface area contributed by atoms with E-state index in [0.717, 1.165) is 32.1 Å². The summed E-state index contributed by atoms with van der Waals surface area (Å²) in [5, 5.41) is 26.6. The second-order valence-corrected chi connectivity index (χ2v) is 16.0. The van der Waals surface area contributed by atoms with Crippen molar-refractivity contribution in [1.82, 2.24) is 0 Å². The van der Waals surface area contributed by atoms with Gasteiger partial charge in [0.1, 0.15) is 5.54 Å². The molecule has 3 unspecified atom stereocenters. The molecular weight excluding hydrogens is 532 g/mol. The number of hydrogen-bond acceptors (Lipinski definition) is 8. The van der Waals surface area contributed by atoms with Gasteiger partial charge >= 0.3 is 0 Å². The first kappa shape index (κ1) is 32.2. The van der Waals surface area contributed by atoms with E-state index in [1.165, 1.54) is 25.7 Å². The van der Waals surface area contributed by atoms with Gasteiger partial charge in [0.2, 0.25) is 0 Å². The number of ether oxygens (including phenoxy) is 2. The number of hydrogen-bond donors (Lipinski definition) is 2. The third kappa shape index (κ3) is 5.34. The lowest BCUT2D eigenvalue weighted by Gasteiger charge is -2.65. The van der Waals surface area contributed by atoms with E-state index in [-0.39, 0.29) is 35.7 Å². The van der Waals surface area contributed by atoms with E-state index in [9.17, 15) is 20.0 Å². The zero-order valence-corrected chi connectivity index (χ0v) is 26.9. The summed E-state index contributed by atoms with van der Waals surface area (Å²) in [6, 6.07) is -0.362. The fourth-order valence-electron chi connectivity index (χ4n) is 10.6. The van der Waals surface area contributed by atoms with Crippen molar-refractivity contribution >= 4 is 0 Å². The average Bonchev–Trinajstić information content (AvgIpc) is 3.24. The molecule has 0 aromatic rings. The predicted molar refractivity (Wildman–Crippen MR) is 164 cm³/mol. The highest BCUT2D eigenvalue weighted by Gasteiger charge is 2.66. The Morgan fingerprint density at radius 3 is 2.55 bits per heavy atom. The summed E-state index contributed by atoms with van der Waals surface area (Å²) in [5.74, 6) is 2.18. The van der Waals surface area contributed by atoms with Gasteiger partial charge in [-0.1, -0.05) is 56.1 Å². The van der Waals surface area contributed by atoms with Crippen LogP contribution in [0.4, 0.5) is 0 Å². The highest BCUT2D eigenvalue weighted by atomic mass is 16.7. The Morgan fingerprint density at radius 2 is 1.86 bits per heavy atom. The van der Waals surface area contributed by atoms with Crippen molar-refractivity contribution in [2.45, 2.75) is 155 Å². The highest BCUT2D eigenvalue weighted by molar-refractivity contribution is 5.27. The van der Waals surface area contributed by atoms with Crippen LogP contribution in [0, 0.1) is 49.7 Å². The summed E-state index contributed by atoms with van der Waals surface area (Å²) < 4.78 is 12.5. The number of fused-ring (bicyclic) bond motifs is 5. The third-order valence-corrected chi connectivity index (χ3v) is 13.7. The molecule has 1 saturated heterocycles. The molecule has 1 heterocycles. The predicted octanol–water partition coefficient (Wildman–Crippen LogP) is 7.30. The van der Waals surface area contributed by atoms with Crippen LogP contribution < -0.4 is 0 Å². The molecule has 4 aliphatic carbocycles. The van der Waals surface area contributed by atoms with Gasteiger partial charge in [0.05, 0.1) is 31.0 Å². The summed E-state index contributed by atoms with van der Waals surface area (Å²) in [4.78, 5) is 22.4. The molecule has 0 aromatic carbocycles. The van der Waals surface area contributed by atoms with Gasteiger partial charge in [-0.15, -0.1) is 0 Å². The second kappa shape index (κ2) is 11.9. The van der Waals surface area contributed by atoms with Gasteiger partial charge in [-0.3, -0.25) is 0 Å². The van der Waals surface area contributed by atoms with Gasteiger partial charge in [-0.25, -0.2) is 0 Å². The molecule has 2 N–H and O–H groups in total. The number of nitroso groups, excluding NO2 is 2. The molecule has 5 rings (SSSR count). The van der Waals surface area contributed by atoms with Crippen molar-refractivity contribution < 1.29 is 19.7 Å². The van der Waals surface area contributed by atoms with Crippen LogP contribution in [0.15, 0.2) is 22.0 Å². The van der Waals surface area contributed by atoms with Crippen LogP contribution in [0.2, 0.25) is 0 Å². The molecule has 12 atom stereocenters. The highest BCUT2D eigenvalue weighted by Crippen LogP contribution is 2.74.